The standard InChI is InChI=1S/C11H18N2O/c1-3-14-9-11(12-2)8-10-6-4-5-7-13-10/h4-7,11-12H,3,8-9H2,1-2H3. The highest BCUT2D eigenvalue weighted by Gasteiger charge is 2.07. The van der Waals surface area contributed by atoms with Crippen LogP contribution in [0, 0.1) is 0 Å². The van der Waals surface area contributed by atoms with E-state index in [1.165, 1.54) is 0 Å². The number of hydrogen-bond acceptors (Lipinski definition) is 3. The van der Waals surface area contributed by atoms with Crippen molar-refractivity contribution in [2.24, 2.45) is 0 Å². The monoisotopic (exact) mass is 194 g/mol. The highest BCUT2D eigenvalue weighted by molar-refractivity contribution is 5.05. The number of hydrogen-bond donors (Lipinski definition) is 1. The number of aromatic nitrogens is 1. The highest BCUT2D eigenvalue weighted by atomic mass is 16.5. The normalized spacial score (nSPS) is 12.7. The first-order valence-electron chi connectivity index (χ1n) is 5.01. The molecule has 1 unspecified atom stereocenters. The molecule has 0 saturated carbocycles. The van der Waals surface area contributed by atoms with Crippen LogP contribution >= 0.6 is 0 Å². The van der Waals surface area contributed by atoms with Crippen LogP contribution in [0.2, 0.25) is 0 Å². The van der Waals surface area contributed by atoms with E-state index >= 15 is 0 Å². The predicted octanol–water partition coefficient (Wildman–Crippen LogP) is 1.25. The molecule has 0 amide bonds. The van der Waals surface area contributed by atoms with Gasteiger partial charge in [-0.2, -0.15) is 0 Å². The predicted molar refractivity (Wildman–Crippen MR) is 57.3 cm³/mol. The van der Waals surface area contributed by atoms with Crippen LogP contribution in [-0.4, -0.2) is 31.3 Å². The molecule has 0 aliphatic heterocycles. The number of likely N-dealkylation sites (N-methyl/N-ethyl adjacent to an activating group) is 1. The molecule has 0 fully saturated rings. The second-order valence-corrected chi connectivity index (χ2v) is 3.17. The van der Waals surface area contributed by atoms with Crippen molar-refractivity contribution in [3.8, 4) is 0 Å². The second-order valence-electron chi connectivity index (χ2n) is 3.17. The fourth-order valence-electron chi connectivity index (χ4n) is 1.28. The van der Waals surface area contributed by atoms with Crippen LogP contribution in [0.1, 0.15) is 12.6 Å². The summed E-state index contributed by atoms with van der Waals surface area (Å²) in [5, 5.41) is 3.22. The molecule has 1 heterocycles. The fourth-order valence-corrected chi connectivity index (χ4v) is 1.28. The third kappa shape index (κ3) is 3.85. The molecule has 1 N–H and O–H groups in total. The largest absolute Gasteiger partial charge is 0.380 e. The Kier molecular flexibility index (Phi) is 5.19. The Morgan fingerprint density at radius 1 is 1.50 bits per heavy atom. The molecule has 1 aromatic rings. The fraction of sp³-hybridized carbons (Fsp3) is 0.545. The van der Waals surface area contributed by atoms with Gasteiger partial charge in [-0.3, -0.25) is 4.98 Å². The van der Waals surface area contributed by atoms with Crippen molar-refractivity contribution in [1.29, 1.82) is 0 Å². The van der Waals surface area contributed by atoms with Crippen molar-refractivity contribution in [3.05, 3.63) is 30.1 Å². The summed E-state index contributed by atoms with van der Waals surface area (Å²) in [5.41, 5.74) is 1.10. The van der Waals surface area contributed by atoms with E-state index in [2.05, 4.69) is 10.3 Å². The zero-order valence-electron chi connectivity index (χ0n) is 8.86. The molecule has 0 aliphatic carbocycles. The van der Waals surface area contributed by atoms with E-state index in [-0.39, 0.29) is 0 Å². The van der Waals surface area contributed by atoms with Gasteiger partial charge in [0.05, 0.1) is 6.61 Å². The van der Waals surface area contributed by atoms with Gasteiger partial charge in [-0.25, -0.2) is 0 Å². The van der Waals surface area contributed by atoms with Crippen molar-refractivity contribution >= 4 is 0 Å². The first-order valence-corrected chi connectivity index (χ1v) is 5.01. The first-order chi connectivity index (χ1) is 6.86. The lowest BCUT2D eigenvalue weighted by Gasteiger charge is -2.15. The highest BCUT2D eigenvalue weighted by Crippen LogP contribution is 1.99. The summed E-state index contributed by atoms with van der Waals surface area (Å²) in [6, 6.07) is 6.33. The lowest BCUT2D eigenvalue weighted by atomic mass is 10.1. The van der Waals surface area contributed by atoms with Crippen molar-refractivity contribution in [2.75, 3.05) is 20.3 Å². The SMILES string of the molecule is CCOCC(Cc1ccccn1)NC. The van der Waals surface area contributed by atoms with Crippen LogP contribution in [0.25, 0.3) is 0 Å². The van der Waals surface area contributed by atoms with Gasteiger partial charge in [-0.1, -0.05) is 6.07 Å². The zero-order chi connectivity index (χ0) is 10.2. The third-order valence-electron chi connectivity index (χ3n) is 2.11. The third-order valence-corrected chi connectivity index (χ3v) is 2.11. The van der Waals surface area contributed by atoms with Gasteiger partial charge < -0.3 is 10.1 Å². The van der Waals surface area contributed by atoms with Crippen molar-refractivity contribution < 1.29 is 4.74 Å². The van der Waals surface area contributed by atoms with Crippen LogP contribution in [-0.2, 0) is 11.2 Å². The van der Waals surface area contributed by atoms with Crippen molar-refractivity contribution in [2.45, 2.75) is 19.4 Å². The van der Waals surface area contributed by atoms with Crippen LogP contribution in [0.15, 0.2) is 24.4 Å². The van der Waals surface area contributed by atoms with E-state index < -0.39 is 0 Å². The summed E-state index contributed by atoms with van der Waals surface area (Å²) >= 11 is 0. The number of ether oxygens (including phenoxy) is 1. The summed E-state index contributed by atoms with van der Waals surface area (Å²) in [6.45, 7) is 3.51. The summed E-state index contributed by atoms with van der Waals surface area (Å²) in [6.07, 6.45) is 2.74. The first kappa shape index (κ1) is 11.1. The maximum atomic E-state index is 5.37. The van der Waals surface area contributed by atoms with Crippen molar-refractivity contribution in [3.63, 3.8) is 0 Å². The van der Waals surface area contributed by atoms with E-state index in [4.69, 9.17) is 4.74 Å². The maximum Gasteiger partial charge on any atom is 0.0623 e. The topological polar surface area (TPSA) is 34.1 Å². The molecule has 0 aliphatic rings. The Morgan fingerprint density at radius 3 is 2.93 bits per heavy atom. The zero-order valence-corrected chi connectivity index (χ0v) is 8.86. The van der Waals surface area contributed by atoms with E-state index in [0.29, 0.717) is 6.04 Å². The van der Waals surface area contributed by atoms with Gasteiger partial charge in [0, 0.05) is 31.0 Å². The Morgan fingerprint density at radius 2 is 2.36 bits per heavy atom. The van der Waals surface area contributed by atoms with Gasteiger partial charge in [0.25, 0.3) is 0 Å². The van der Waals surface area contributed by atoms with Crippen molar-refractivity contribution in [1.82, 2.24) is 10.3 Å². The Labute approximate surface area is 85.5 Å². The summed E-state index contributed by atoms with van der Waals surface area (Å²) < 4.78 is 5.37. The van der Waals surface area contributed by atoms with Gasteiger partial charge in [0.2, 0.25) is 0 Å². The lowest BCUT2D eigenvalue weighted by Crippen LogP contribution is -2.32. The smallest absolute Gasteiger partial charge is 0.0623 e. The average molecular weight is 194 g/mol. The summed E-state index contributed by atoms with van der Waals surface area (Å²) in [5.74, 6) is 0. The lowest BCUT2D eigenvalue weighted by molar-refractivity contribution is 0.125. The molecular weight excluding hydrogens is 176 g/mol. The minimum absolute atomic E-state index is 0.352. The molecule has 78 valence electrons. The van der Waals surface area contributed by atoms with Crippen LogP contribution in [0.3, 0.4) is 0 Å². The summed E-state index contributed by atoms with van der Waals surface area (Å²) in [7, 11) is 1.95. The van der Waals surface area contributed by atoms with Gasteiger partial charge >= 0.3 is 0 Å². The minimum atomic E-state index is 0.352. The number of nitrogens with zero attached hydrogens (tertiary/aromatic N) is 1. The molecule has 0 saturated heterocycles. The Bertz CT molecular complexity index is 238. The molecule has 14 heavy (non-hydrogen) atoms. The maximum absolute atomic E-state index is 5.37. The number of pyridine rings is 1. The van der Waals surface area contributed by atoms with Gasteiger partial charge in [0.1, 0.15) is 0 Å². The Balaban J connectivity index is 2.40. The van der Waals surface area contributed by atoms with Gasteiger partial charge in [-0.05, 0) is 26.1 Å². The van der Waals surface area contributed by atoms with Gasteiger partial charge in [0.15, 0.2) is 0 Å². The van der Waals surface area contributed by atoms with E-state index in [9.17, 15) is 0 Å². The molecule has 0 spiro atoms. The molecule has 1 aromatic heterocycles. The number of rotatable bonds is 6. The van der Waals surface area contributed by atoms with Crippen LogP contribution < -0.4 is 5.32 Å². The quantitative estimate of drug-likeness (QED) is 0.740. The molecular formula is C11H18N2O. The molecule has 3 heteroatoms. The van der Waals surface area contributed by atoms with Crippen LogP contribution in [0.4, 0.5) is 0 Å². The Hall–Kier alpha value is -0.930. The van der Waals surface area contributed by atoms with E-state index in [0.717, 1.165) is 25.3 Å². The molecule has 1 rings (SSSR count). The van der Waals surface area contributed by atoms with Crippen LogP contribution in [0.5, 0.6) is 0 Å². The minimum Gasteiger partial charge on any atom is -0.380 e. The van der Waals surface area contributed by atoms with Gasteiger partial charge in [-0.15, -0.1) is 0 Å². The van der Waals surface area contributed by atoms with E-state index in [1.807, 2.05) is 38.4 Å². The average Bonchev–Trinajstić information content (AvgIpc) is 2.25. The molecule has 0 aromatic carbocycles. The molecule has 0 radical (unpaired) electrons. The van der Waals surface area contributed by atoms with E-state index in [1.54, 1.807) is 0 Å². The molecule has 0 bridgehead atoms. The summed E-state index contributed by atoms with van der Waals surface area (Å²) in [4.78, 5) is 4.28. The molecule has 3 nitrogen and oxygen atoms in total. The molecule has 1 atom stereocenters. The second kappa shape index (κ2) is 6.51. The number of nitrogens with one attached hydrogen (secondary N) is 1.